The molecular formula is C17H16ClF3N2O. The summed E-state index contributed by atoms with van der Waals surface area (Å²) in [4.78, 5) is 11.9. The van der Waals surface area contributed by atoms with Gasteiger partial charge in [0.1, 0.15) is 0 Å². The van der Waals surface area contributed by atoms with E-state index in [2.05, 4.69) is 10.6 Å². The summed E-state index contributed by atoms with van der Waals surface area (Å²) in [7, 11) is 0. The molecule has 0 spiro atoms. The highest BCUT2D eigenvalue weighted by Gasteiger charge is 2.22. The lowest BCUT2D eigenvalue weighted by Gasteiger charge is -2.25. The first-order valence-electron chi connectivity index (χ1n) is 7.15. The molecule has 0 fully saturated rings. The van der Waals surface area contributed by atoms with Gasteiger partial charge in [-0.1, -0.05) is 37.6 Å². The molecule has 0 bridgehead atoms. The van der Waals surface area contributed by atoms with Gasteiger partial charge in [0.25, 0.3) is 0 Å². The van der Waals surface area contributed by atoms with Crippen molar-refractivity contribution < 1.29 is 18.0 Å². The molecule has 128 valence electrons. The lowest BCUT2D eigenvalue weighted by Crippen LogP contribution is -2.39. The molecule has 2 rings (SSSR count). The minimum atomic E-state index is -1.63. The van der Waals surface area contributed by atoms with Crippen molar-refractivity contribution in [3.63, 3.8) is 0 Å². The van der Waals surface area contributed by atoms with Gasteiger partial charge in [0.2, 0.25) is 0 Å². The van der Waals surface area contributed by atoms with Crippen LogP contribution >= 0.6 is 11.6 Å². The predicted octanol–water partition coefficient (Wildman–Crippen LogP) is 4.86. The van der Waals surface area contributed by atoms with Gasteiger partial charge in [-0.25, -0.2) is 18.0 Å². The molecule has 2 aromatic rings. The molecular weight excluding hydrogens is 341 g/mol. The quantitative estimate of drug-likeness (QED) is 0.755. The van der Waals surface area contributed by atoms with E-state index in [1.165, 1.54) is 0 Å². The zero-order valence-electron chi connectivity index (χ0n) is 13.1. The second-order valence-corrected chi connectivity index (χ2v) is 6.36. The monoisotopic (exact) mass is 356 g/mol. The number of hydrogen-bond acceptors (Lipinski definition) is 1. The zero-order chi connectivity index (χ0) is 17.9. The Balaban J connectivity index is 2.00. The van der Waals surface area contributed by atoms with Crippen molar-refractivity contribution in [2.24, 2.45) is 0 Å². The summed E-state index contributed by atoms with van der Waals surface area (Å²) in [5.41, 5.74) is 0.107. The maximum atomic E-state index is 13.5. The van der Waals surface area contributed by atoms with Gasteiger partial charge in [-0.05, 0) is 29.8 Å². The summed E-state index contributed by atoms with van der Waals surface area (Å²) in [6, 6.07) is 8.16. The molecule has 0 radical (unpaired) electrons. The number of halogens is 4. The van der Waals surface area contributed by atoms with E-state index in [4.69, 9.17) is 11.6 Å². The first kappa shape index (κ1) is 18.1. The number of amides is 2. The van der Waals surface area contributed by atoms with Crippen LogP contribution in [-0.4, -0.2) is 12.6 Å². The second-order valence-electron chi connectivity index (χ2n) is 5.92. The highest BCUT2D eigenvalue weighted by molar-refractivity contribution is 6.30. The summed E-state index contributed by atoms with van der Waals surface area (Å²) in [5.74, 6) is -4.39. The summed E-state index contributed by atoms with van der Waals surface area (Å²) in [5, 5.41) is 5.34. The average Bonchev–Trinajstić information content (AvgIpc) is 2.54. The number of hydrogen-bond donors (Lipinski definition) is 2. The standard InChI is InChI=1S/C17H16ClF3N2O/c1-17(2,10-3-5-11(18)6-4-10)9-22-16(24)23-13-8-7-12(19)14(20)15(13)21/h3-8H,9H2,1-2H3,(H2,22,23,24). The predicted molar refractivity (Wildman–Crippen MR) is 87.8 cm³/mol. The summed E-state index contributed by atoms with van der Waals surface area (Å²) < 4.78 is 39.5. The topological polar surface area (TPSA) is 41.1 Å². The van der Waals surface area contributed by atoms with Gasteiger partial charge in [-0.15, -0.1) is 0 Å². The van der Waals surface area contributed by atoms with E-state index in [9.17, 15) is 18.0 Å². The average molecular weight is 357 g/mol. The highest BCUT2D eigenvalue weighted by atomic mass is 35.5. The number of carbonyl (C=O) groups is 1. The van der Waals surface area contributed by atoms with Crippen LogP contribution in [-0.2, 0) is 5.41 Å². The highest BCUT2D eigenvalue weighted by Crippen LogP contribution is 2.24. The van der Waals surface area contributed by atoms with Crippen LogP contribution in [0, 0.1) is 17.5 Å². The normalized spacial score (nSPS) is 11.2. The minimum absolute atomic E-state index is 0.242. The van der Waals surface area contributed by atoms with E-state index < -0.39 is 34.6 Å². The van der Waals surface area contributed by atoms with Gasteiger partial charge < -0.3 is 10.6 Å². The molecule has 2 aromatic carbocycles. The third-order valence-electron chi connectivity index (χ3n) is 3.60. The van der Waals surface area contributed by atoms with Crippen LogP contribution < -0.4 is 10.6 Å². The molecule has 0 aliphatic heterocycles. The van der Waals surface area contributed by atoms with Crippen molar-refractivity contribution in [3.8, 4) is 0 Å². The van der Waals surface area contributed by atoms with Gasteiger partial charge >= 0.3 is 6.03 Å². The first-order valence-corrected chi connectivity index (χ1v) is 7.53. The molecule has 0 unspecified atom stereocenters. The van der Waals surface area contributed by atoms with E-state index in [1.807, 2.05) is 26.0 Å². The Kier molecular flexibility index (Phi) is 5.39. The number of anilines is 1. The largest absolute Gasteiger partial charge is 0.337 e. The van der Waals surface area contributed by atoms with Crippen molar-refractivity contribution in [1.82, 2.24) is 5.32 Å². The van der Waals surface area contributed by atoms with E-state index in [0.717, 1.165) is 17.7 Å². The SMILES string of the molecule is CC(C)(CNC(=O)Nc1ccc(F)c(F)c1F)c1ccc(Cl)cc1. The number of urea groups is 1. The second kappa shape index (κ2) is 7.13. The van der Waals surface area contributed by atoms with E-state index >= 15 is 0 Å². The van der Waals surface area contributed by atoms with E-state index in [0.29, 0.717) is 5.02 Å². The van der Waals surface area contributed by atoms with Crippen LogP contribution in [0.15, 0.2) is 36.4 Å². The Morgan fingerprint density at radius 2 is 1.67 bits per heavy atom. The van der Waals surface area contributed by atoms with Crippen molar-refractivity contribution in [2.45, 2.75) is 19.3 Å². The van der Waals surface area contributed by atoms with Crippen LogP contribution in [0.5, 0.6) is 0 Å². The van der Waals surface area contributed by atoms with Crippen LogP contribution in [0.4, 0.5) is 23.7 Å². The van der Waals surface area contributed by atoms with Gasteiger partial charge in [-0.3, -0.25) is 0 Å². The van der Waals surface area contributed by atoms with Crippen LogP contribution in [0.2, 0.25) is 5.02 Å². The fourth-order valence-corrected chi connectivity index (χ4v) is 2.22. The lowest BCUT2D eigenvalue weighted by atomic mass is 9.85. The number of carbonyl (C=O) groups excluding carboxylic acids is 1. The molecule has 0 heterocycles. The molecule has 0 aliphatic rings. The zero-order valence-corrected chi connectivity index (χ0v) is 13.8. The van der Waals surface area contributed by atoms with Crippen molar-refractivity contribution in [2.75, 3.05) is 11.9 Å². The summed E-state index contributed by atoms with van der Waals surface area (Å²) in [6.45, 7) is 4.06. The van der Waals surface area contributed by atoms with Crippen LogP contribution in [0.3, 0.4) is 0 Å². The molecule has 2 amide bonds. The molecule has 7 heteroatoms. The van der Waals surface area contributed by atoms with Crippen LogP contribution in [0.1, 0.15) is 19.4 Å². The van der Waals surface area contributed by atoms with Crippen molar-refractivity contribution >= 4 is 23.3 Å². The third-order valence-corrected chi connectivity index (χ3v) is 3.85. The summed E-state index contributed by atoms with van der Waals surface area (Å²) in [6.07, 6.45) is 0. The van der Waals surface area contributed by atoms with Gasteiger partial charge in [0, 0.05) is 17.0 Å². The van der Waals surface area contributed by atoms with Crippen molar-refractivity contribution in [3.05, 3.63) is 64.4 Å². The van der Waals surface area contributed by atoms with Crippen LogP contribution in [0.25, 0.3) is 0 Å². The summed E-state index contributed by atoms with van der Waals surface area (Å²) >= 11 is 5.85. The number of benzene rings is 2. The maximum Gasteiger partial charge on any atom is 0.319 e. The van der Waals surface area contributed by atoms with Gasteiger partial charge in [0.05, 0.1) is 5.69 Å². The lowest BCUT2D eigenvalue weighted by molar-refractivity contribution is 0.249. The Hall–Kier alpha value is -2.21. The first-order chi connectivity index (χ1) is 11.2. The third kappa shape index (κ3) is 4.20. The molecule has 0 saturated heterocycles. The molecule has 3 nitrogen and oxygen atoms in total. The molecule has 0 aliphatic carbocycles. The van der Waals surface area contributed by atoms with Gasteiger partial charge in [-0.2, -0.15) is 0 Å². The van der Waals surface area contributed by atoms with Gasteiger partial charge in [0.15, 0.2) is 17.5 Å². The number of rotatable bonds is 4. The van der Waals surface area contributed by atoms with E-state index in [1.54, 1.807) is 12.1 Å². The Morgan fingerprint density at radius 1 is 1.04 bits per heavy atom. The van der Waals surface area contributed by atoms with Crippen molar-refractivity contribution in [1.29, 1.82) is 0 Å². The van der Waals surface area contributed by atoms with E-state index in [-0.39, 0.29) is 6.54 Å². The molecule has 0 aromatic heterocycles. The Morgan fingerprint density at radius 3 is 2.29 bits per heavy atom. The molecule has 0 saturated carbocycles. The molecule has 24 heavy (non-hydrogen) atoms. The molecule has 2 N–H and O–H groups in total. The Labute approximate surface area is 142 Å². The molecule has 0 atom stereocenters. The minimum Gasteiger partial charge on any atom is -0.337 e. The number of nitrogens with one attached hydrogen (secondary N) is 2. The fraction of sp³-hybridized carbons (Fsp3) is 0.235. The fourth-order valence-electron chi connectivity index (χ4n) is 2.09. The Bertz CT molecular complexity index is 748. The maximum absolute atomic E-state index is 13.5. The smallest absolute Gasteiger partial charge is 0.319 e.